The summed E-state index contributed by atoms with van der Waals surface area (Å²) in [6, 6.07) is 12.2. The largest absolute Gasteiger partial charge is 0.334 e. The fourth-order valence-corrected chi connectivity index (χ4v) is 4.01. The monoisotopic (exact) mass is 393 g/mol. The highest BCUT2D eigenvalue weighted by Crippen LogP contribution is 2.16. The summed E-state index contributed by atoms with van der Waals surface area (Å²) in [5.41, 5.74) is 1.16. The molecule has 6 nitrogen and oxygen atoms in total. The van der Waals surface area contributed by atoms with Crippen LogP contribution in [0.4, 0.5) is 9.18 Å². The molecule has 0 bridgehead atoms. The average Bonchev–Trinajstić information content (AvgIpc) is 2.67. The van der Waals surface area contributed by atoms with Crippen LogP contribution in [-0.4, -0.2) is 31.8 Å². The normalized spacial score (nSPS) is 11.4. The Hall–Kier alpha value is -2.45. The van der Waals surface area contributed by atoms with E-state index in [9.17, 15) is 17.6 Å². The van der Waals surface area contributed by atoms with Crippen molar-refractivity contribution in [1.29, 1.82) is 0 Å². The standard InChI is InChI=1S/C19H24FN3O3S/c1-3-23(4-2)27(25,26)17-11-9-15(10-12-17)13-21-19(24)22-14-16-7-5-6-8-18(16)20/h5-12H,3-4,13-14H2,1-2H3,(H2,21,22,24). The Balaban J connectivity index is 1.89. The van der Waals surface area contributed by atoms with Crippen molar-refractivity contribution in [2.45, 2.75) is 31.8 Å². The first-order valence-electron chi connectivity index (χ1n) is 8.72. The minimum Gasteiger partial charge on any atom is -0.334 e. The molecule has 0 radical (unpaired) electrons. The summed E-state index contributed by atoms with van der Waals surface area (Å²) >= 11 is 0. The molecule has 2 N–H and O–H groups in total. The van der Waals surface area contributed by atoms with Crippen LogP contribution < -0.4 is 10.6 Å². The van der Waals surface area contributed by atoms with Crippen molar-refractivity contribution in [3.8, 4) is 0 Å². The van der Waals surface area contributed by atoms with E-state index >= 15 is 0 Å². The zero-order chi connectivity index (χ0) is 19.9. The van der Waals surface area contributed by atoms with Gasteiger partial charge >= 0.3 is 6.03 Å². The van der Waals surface area contributed by atoms with Gasteiger partial charge in [0.2, 0.25) is 10.0 Å². The zero-order valence-corrected chi connectivity index (χ0v) is 16.2. The first kappa shape index (κ1) is 20.9. The van der Waals surface area contributed by atoms with E-state index in [4.69, 9.17) is 0 Å². The van der Waals surface area contributed by atoms with E-state index in [1.165, 1.54) is 22.5 Å². The first-order valence-corrected chi connectivity index (χ1v) is 10.2. The number of urea groups is 1. The van der Waals surface area contributed by atoms with E-state index in [-0.39, 0.29) is 23.8 Å². The lowest BCUT2D eigenvalue weighted by molar-refractivity contribution is 0.240. The third-order valence-electron chi connectivity index (χ3n) is 4.12. The molecule has 0 unspecified atom stereocenters. The summed E-state index contributed by atoms with van der Waals surface area (Å²) in [6.45, 7) is 4.71. The van der Waals surface area contributed by atoms with Gasteiger partial charge in [0.15, 0.2) is 0 Å². The van der Waals surface area contributed by atoms with Crippen molar-refractivity contribution in [1.82, 2.24) is 14.9 Å². The number of carbonyl (C=O) groups excluding carboxylic acids is 1. The second-order valence-corrected chi connectivity index (χ2v) is 7.80. The van der Waals surface area contributed by atoms with Crippen molar-refractivity contribution in [2.24, 2.45) is 0 Å². The maximum Gasteiger partial charge on any atom is 0.315 e. The van der Waals surface area contributed by atoms with Crippen LogP contribution in [0.25, 0.3) is 0 Å². The number of nitrogens with one attached hydrogen (secondary N) is 2. The molecule has 2 rings (SSSR count). The van der Waals surface area contributed by atoms with Gasteiger partial charge in [-0.25, -0.2) is 17.6 Å². The number of sulfonamides is 1. The molecule has 0 heterocycles. The molecule has 0 aliphatic rings. The molecule has 2 aromatic carbocycles. The molecule has 0 aliphatic carbocycles. The lowest BCUT2D eigenvalue weighted by Crippen LogP contribution is -2.34. The quantitative estimate of drug-likeness (QED) is 0.724. The third kappa shape index (κ3) is 5.51. The first-order chi connectivity index (χ1) is 12.9. The second-order valence-electron chi connectivity index (χ2n) is 5.86. The van der Waals surface area contributed by atoms with Gasteiger partial charge in [-0.05, 0) is 23.8 Å². The van der Waals surface area contributed by atoms with Crippen LogP contribution >= 0.6 is 0 Å². The van der Waals surface area contributed by atoms with E-state index in [1.54, 1.807) is 44.2 Å². The van der Waals surface area contributed by atoms with E-state index in [1.807, 2.05) is 0 Å². The summed E-state index contributed by atoms with van der Waals surface area (Å²) in [7, 11) is -3.49. The molecular weight excluding hydrogens is 369 g/mol. The number of carbonyl (C=O) groups is 1. The molecule has 0 aromatic heterocycles. The van der Waals surface area contributed by atoms with Crippen molar-refractivity contribution < 1.29 is 17.6 Å². The molecule has 0 atom stereocenters. The van der Waals surface area contributed by atoms with Crippen LogP contribution in [0.1, 0.15) is 25.0 Å². The van der Waals surface area contributed by atoms with Gasteiger partial charge in [-0.3, -0.25) is 0 Å². The fraction of sp³-hybridized carbons (Fsp3) is 0.316. The maximum atomic E-state index is 13.5. The summed E-state index contributed by atoms with van der Waals surface area (Å²) in [6.07, 6.45) is 0. The predicted molar refractivity (Wildman–Crippen MR) is 102 cm³/mol. The molecule has 8 heteroatoms. The van der Waals surface area contributed by atoms with E-state index in [0.717, 1.165) is 5.56 Å². The molecular formula is C19H24FN3O3S. The van der Waals surface area contributed by atoms with Crippen LogP contribution in [0.5, 0.6) is 0 Å². The Kier molecular flexibility index (Phi) is 7.32. The minimum atomic E-state index is -3.49. The van der Waals surface area contributed by atoms with Crippen molar-refractivity contribution >= 4 is 16.1 Å². The molecule has 0 saturated carbocycles. The average molecular weight is 393 g/mol. The number of halogens is 1. The summed E-state index contributed by atoms with van der Waals surface area (Å²) in [5.74, 6) is -0.372. The molecule has 2 amide bonds. The number of hydrogen-bond acceptors (Lipinski definition) is 3. The van der Waals surface area contributed by atoms with Gasteiger partial charge in [0.1, 0.15) is 5.82 Å². The molecule has 0 saturated heterocycles. The van der Waals surface area contributed by atoms with E-state index in [2.05, 4.69) is 10.6 Å². The van der Waals surface area contributed by atoms with Gasteiger partial charge < -0.3 is 10.6 Å². The Labute approximate surface area is 159 Å². The molecule has 0 fully saturated rings. The predicted octanol–water partition coefficient (Wildman–Crippen LogP) is 2.86. The number of nitrogens with zero attached hydrogens (tertiary/aromatic N) is 1. The highest BCUT2D eigenvalue weighted by atomic mass is 32.2. The van der Waals surface area contributed by atoms with Crippen LogP contribution in [0.3, 0.4) is 0 Å². The minimum absolute atomic E-state index is 0.0829. The van der Waals surface area contributed by atoms with Crippen LogP contribution in [0, 0.1) is 5.82 Å². The van der Waals surface area contributed by atoms with Gasteiger partial charge in [0, 0.05) is 31.7 Å². The van der Waals surface area contributed by atoms with Crippen molar-refractivity contribution in [3.05, 3.63) is 65.5 Å². The van der Waals surface area contributed by atoms with Crippen LogP contribution in [-0.2, 0) is 23.1 Å². The van der Waals surface area contributed by atoms with Gasteiger partial charge in [0.05, 0.1) is 4.90 Å². The lowest BCUT2D eigenvalue weighted by Gasteiger charge is -2.18. The van der Waals surface area contributed by atoms with E-state index < -0.39 is 16.1 Å². The summed E-state index contributed by atoms with van der Waals surface area (Å²) in [4.78, 5) is 12.1. The van der Waals surface area contributed by atoms with Crippen molar-refractivity contribution in [3.63, 3.8) is 0 Å². The summed E-state index contributed by atoms with van der Waals surface area (Å²) in [5, 5.41) is 5.24. The van der Waals surface area contributed by atoms with Crippen molar-refractivity contribution in [2.75, 3.05) is 13.1 Å². The van der Waals surface area contributed by atoms with Gasteiger partial charge in [-0.15, -0.1) is 0 Å². The fourth-order valence-electron chi connectivity index (χ4n) is 2.55. The molecule has 146 valence electrons. The number of benzene rings is 2. The highest BCUT2D eigenvalue weighted by Gasteiger charge is 2.21. The zero-order valence-electron chi connectivity index (χ0n) is 15.4. The lowest BCUT2D eigenvalue weighted by atomic mass is 10.2. The number of amides is 2. The van der Waals surface area contributed by atoms with E-state index in [0.29, 0.717) is 18.7 Å². The highest BCUT2D eigenvalue weighted by molar-refractivity contribution is 7.89. The second kappa shape index (κ2) is 9.48. The summed E-state index contributed by atoms with van der Waals surface area (Å²) < 4.78 is 39.8. The maximum absolute atomic E-state index is 13.5. The topological polar surface area (TPSA) is 78.5 Å². The Morgan fingerprint density at radius 2 is 1.56 bits per heavy atom. The Bertz CT molecular complexity index is 866. The van der Waals surface area contributed by atoms with Gasteiger partial charge in [-0.1, -0.05) is 44.2 Å². The van der Waals surface area contributed by atoms with Gasteiger partial charge in [0.25, 0.3) is 0 Å². The van der Waals surface area contributed by atoms with Crippen LogP contribution in [0.2, 0.25) is 0 Å². The van der Waals surface area contributed by atoms with Gasteiger partial charge in [-0.2, -0.15) is 4.31 Å². The third-order valence-corrected chi connectivity index (χ3v) is 6.18. The Morgan fingerprint density at radius 3 is 2.15 bits per heavy atom. The SMILES string of the molecule is CCN(CC)S(=O)(=O)c1ccc(CNC(=O)NCc2ccccc2F)cc1. The molecule has 0 aliphatic heterocycles. The smallest absolute Gasteiger partial charge is 0.315 e. The molecule has 2 aromatic rings. The van der Waals surface area contributed by atoms with Crippen LogP contribution in [0.15, 0.2) is 53.4 Å². The Morgan fingerprint density at radius 1 is 0.963 bits per heavy atom. The molecule has 27 heavy (non-hydrogen) atoms. The molecule has 0 spiro atoms. The number of hydrogen-bond donors (Lipinski definition) is 2. The number of rotatable bonds is 8.